The van der Waals surface area contributed by atoms with E-state index in [1.165, 1.54) is 12.8 Å². The van der Waals surface area contributed by atoms with Gasteiger partial charge in [-0.2, -0.15) is 0 Å². The highest BCUT2D eigenvalue weighted by atomic mass is 16.7. The first kappa shape index (κ1) is 16.8. The molecule has 0 spiro atoms. The van der Waals surface area contributed by atoms with E-state index in [0.717, 1.165) is 42.8 Å². The van der Waals surface area contributed by atoms with Crippen molar-refractivity contribution in [2.24, 2.45) is 0 Å². The van der Waals surface area contributed by atoms with Gasteiger partial charge in [-0.3, -0.25) is 0 Å². The molecular weight excluding hydrogens is 248 g/mol. The second kappa shape index (κ2) is 9.60. The standard InChI is InChI=1S/C18H28O2/c1-5-7-8-14-19-18(9-6-2)20-17-12-10-16(11-13-17)15(3)4/h10-13,18H,3,5-9,14H2,1-2,4H3. The molecule has 112 valence electrons. The smallest absolute Gasteiger partial charge is 0.199 e. The lowest BCUT2D eigenvalue weighted by Crippen LogP contribution is -2.21. The maximum absolute atomic E-state index is 5.92. The number of allylic oxidation sites excluding steroid dienone is 1. The quantitative estimate of drug-likeness (QED) is 0.419. The van der Waals surface area contributed by atoms with Crippen LogP contribution in [0, 0.1) is 0 Å². The van der Waals surface area contributed by atoms with Crippen molar-refractivity contribution in [3.05, 3.63) is 36.4 Å². The SMILES string of the molecule is C=C(C)c1ccc(OC(CCC)OCCCCC)cc1. The Kier molecular flexibility index (Phi) is 8.05. The molecule has 0 aliphatic carbocycles. The van der Waals surface area contributed by atoms with E-state index in [1.807, 2.05) is 31.2 Å². The van der Waals surface area contributed by atoms with Crippen molar-refractivity contribution in [3.63, 3.8) is 0 Å². The average Bonchev–Trinajstić information content (AvgIpc) is 2.44. The normalized spacial score (nSPS) is 12.2. The molecule has 0 aliphatic heterocycles. The highest BCUT2D eigenvalue weighted by Crippen LogP contribution is 2.19. The maximum atomic E-state index is 5.92. The summed E-state index contributed by atoms with van der Waals surface area (Å²) in [6, 6.07) is 8.06. The summed E-state index contributed by atoms with van der Waals surface area (Å²) in [5.41, 5.74) is 2.21. The van der Waals surface area contributed by atoms with Gasteiger partial charge < -0.3 is 9.47 Å². The fourth-order valence-electron chi connectivity index (χ4n) is 1.95. The van der Waals surface area contributed by atoms with Crippen molar-refractivity contribution in [2.75, 3.05) is 6.61 Å². The van der Waals surface area contributed by atoms with E-state index in [2.05, 4.69) is 20.4 Å². The molecule has 0 saturated heterocycles. The topological polar surface area (TPSA) is 18.5 Å². The minimum atomic E-state index is -0.132. The predicted molar refractivity (Wildman–Crippen MR) is 86.0 cm³/mol. The van der Waals surface area contributed by atoms with Crippen molar-refractivity contribution in [1.29, 1.82) is 0 Å². The van der Waals surface area contributed by atoms with Crippen LogP contribution in [0.1, 0.15) is 58.4 Å². The van der Waals surface area contributed by atoms with Crippen molar-refractivity contribution >= 4 is 5.57 Å². The van der Waals surface area contributed by atoms with Crippen LogP contribution in [0.5, 0.6) is 5.75 Å². The van der Waals surface area contributed by atoms with Gasteiger partial charge in [0.2, 0.25) is 0 Å². The second-order valence-corrected chi connectivity index (χ2v) is 5.22. The minimum absolute atomic E-state index is 0.132. The van der Waals surface area contributed by atoms with Crippen LogP contribution >= 0.6 is 0 Å². The van der Waals surface area contributed by atoms with Crippen LogP contribution < -0.4 is 4.74 Å². The highest BCUT2D eigenvalue weighted by Gasteiger charge is 2.09. The van der Waals surface area contributed by atoms with Crippen LogP contribution in [0.2, 0.25) is 0 Å². The molecule has 2 heteroatoms. The molecule has 1 aromatic carbocycles. The van der Waals surface area contributed by atoms with E-state index in [1.54, 1.807) is 0 Å². The Morgan fingerprint density at radius 2 is 1.80 bits per heavy atom. The summed E-state index contributed by atoms with van der Waals surface area (Å²) in [4.78, 5) is 0. The first-order chi connectivity index (χ1) is 9.67. The van der Waals surface area contributed by atoms with E-state index in [9.17, 15) is 0 Å². The largest absolute Gasteiger partial charge is 0.465 e. The van der Waals surface area contributed by atoms with Gasteiger partial charge in [0.1, 0.15) is 5.75 Å². The minimum Gasteiger partial charge on any atom is -0.465 e. The molecule has 2 nitrogen and oxygen atoms in total. The van der Waals surface area contributed by atoms with Crippen LogP contribution in [-0.2, 0) is 4.74 Å². The Balaban J connectivity index is 2.49. The van der Waals surface area contributed by atoms with E-state index in [0.29, 0.717) is 0 Å². The van der Waals surface area contributed by atoms with Gasteiger partial charge >= 0.3 is 0 Å². The van der Waals surface area contributed by atoms with E-state index < -0.39 is 0 Å². The first-order valence-electron chi connectivity index (χ1n) is 7.71. The van der Waals surface area contributed by atoms with Crippen molar-refractivity contribution < 1.29 is 9.47 Å². The molecule has 0 aliphatic rings. The molecule has 0 fully saturated rings. The third-order valence-corrected chi connectivity index (χ3v) is 3.19. The average molecular weight is 276 g/mol. The molecule has 0 aromatic heterocycles. The van der Waals surface area contributed by atoms with E-state index >= 15 is 0 Å². The van der Waals surface area contributed by atoms with Crippen molar-refractivity contribution in [1.82, 2.24) is 0 Å². The summed E-state index contributed by atoms with van der Waals surface area (Å²) < 4.78 is 11.7. The number of ether oxygens (including phenoxy) is 2. The summed E-state index contributed by atoms with van der Waals surface area (Å²) >= 11 is 0. The molecular formula is C18H28O2. The number of hydrogen-bond acceptors (Lipinski definition) is 2. The third-order valence-electron chi connectivity index (χ3n) is 3.19. The monoisotopic (exact) mass is 276 g/mol. The van der Waals surface area contributed by atoms with Gasteiger partial charge in [0.15, 0.2) is 6.29 Å². The van der Waals surface area contributed by atoms with Crippen LogP contribution in [0.4, 0.5) is 0 Å². The molecule has 1 atom stereocenters. The lowest BCUT2D eigenvalue weighted by molar-refractivity contribution is -0.0856. The molecule has 0 bridgehead atoms. The molecule has 1 aromatic rings. The zero-order chi connectivity index (χ0) is 14.8. The molecule has 0 radical (unpaired) electrons. The van der Waals surface area contributed by atoms with Crippen LogP contribution in [0.15, 0.2) is 30.8 Å². The van der Waals surface area contributed by atoms with Gasteiger partial charge in [0.05, 0.1) is 6.61 Å². The lowest BCUT2D eigenvalue weighted by atomic mass is 10.1. The fraction of sp³-hybridized carbons (Fsp3) is 0.556. The number of hydrogen-bond donors (Lipinski definition) is 0. The molecule has 20 heavy (non-hydrogen) atoms. The summed E-state index contributed by atoms with van der Waals surface area (Å²) in [5, 5.41) is 0. The predicted octanol–water partition coefficient (Wildman–Crippen LogP) is 5.43. The van der Waals surface area contributed by atoms with Crippen molar-refractivity contribution in [2.45, 2.75) is 59.2 Å². The Bertz CT molecular complexity index is 381. The van der Waals surface area contributed by atoms with Gasteiger partial charge in [-0.15, -0.1) is 0 Å². The van der Waals surface area contributed by atoms with Gasteiger partial charge in [-0.25, -0.2) is 0 Å². The Labute approximate surface area is 123 Å². The zero-order valence-corrected chi connectivity index (χ0v) is 13.2. The number of rotatable bonds is 10. The zero-order valence-electron chi connectivity index (χ0n) is 13.2. The van der Waals surface area contributed by atoms with Gasteiger partial charge in [-0.05, 0) is 31.0 Å². The van der Waals surface area contributed by atoms with Crippen molar-refractivity contribution in [3.8, 4) is 5.75 Å². The van der Waals surface area contributed by atoms with Crippen LogP contribution in [0.25, 0.3) is 5.57 Å². The Morgan fingerprint density at radius 1 is 1.10 bits per heavy atom. The van der Waals surface area contributed by atoms with E-state index in [-0.39, 0.29) is 6.29 Å². The van der Waals surface area contributed by atoms with Gasteiger partial charge in [0.25, 0.3) is 0 Å². The van der Waals surface area contributed by atoms with Gasteiger partial charge in [0, 0.05) is 6.42 Å². The van der Waals surface area contributed by atoms with Crippen LogP contribution in [0.3, 0.4) is 0 Å². The lowest BCUT2D eigenvalue weighted by Gasteiger charge is -2.19. The molecule has 1 rings (SSSR count). The molecule has 0 N–H and O–H groups in total. The fourth-order valence-corrected chi connectivity index (χ4v) is 1.95. The first-order valence-corrected chi connectivity index (χ1v) is 7.71. The number of benzene rings is 1. The molecule has 1 unspecified atom stereocenters. The van der Waals surface area contributed by atoms with Crippen LogP contribution in [-0.4, -0.2) is 12.9 Å². The third kappa shape index (κ3) is 6.25. The second-order valence-electron chi connectivity index (χ2n) is 5.22. The van der Waals surface area contributed by atoms with Gasteiger partial charge in [-0.1, -0.05) is 57.4 Å². The van der Waals surface area contributed by atoms with E-state index in [4.69, 9.17) is 9.47 Å². The maximum Gasteiger partial charge on any atom is 0.199 e. The summed E-state index contributed by atoms with van der Waals surface area (Å²) in [7, 11) is 0. The highest BCUT2D eigenvalue weighted by molar-refractivity contribution is 5.61. The molecule has 0 saturated carbocycles. The summed E-state index contributed by atoms with van der Waals surface area (Å²) in [6.07, 6.45) is 5.38. The summed E-state index contributed by atoms with van der Waals surface area (Å²) in [5.74, 6) is 0.865. The Morgan fingerprint density at radius 3 is 2.35 bits per heavy atom. The number of unbranched alkanes of at least 4 members (excludes halogenated alkanes) is 2. The molecule has 0 amide bonds. The molecule has 0 heterocycles. The summed E-state index contributed by atoms with van der Waals surface area (Å²) in [6.45, 7) is 11.1. The Hall–Kier alpha value is -1.28.